The number of nitrogens with one attached hydrogen (secondary N) is 1. The molecule has 1 aromatic rings. The van der Waals surface area contributed by atoms with E-state index in [0.29, 0.717) is 5.92 Å². The molecular formula is C13H21N3. The number of nitrogens with zero attached hydrogens (tertiary/aromatic N) is 2. The molecule has 0 saturated carbocycles. The fraction of sp³-hybridized carbons (Fsp3) is 0.615. The summed E-state index contributed by atoms with van der Waals surface area (Å²) in [5.74, 6) is 2.37. The zero-order valence-electron chi connectivity index (χ0n) is 10.4. The molecule has 1 fully saturated rings. The summed E-state index contributed by atoms with van der Waals surface area (Å²) < 4.78 is 0. The third-order valence-corrected chi connectivity index (χ3v) is 3.16. The standard InChI is InChI=1S/C13H21N3/c1-10(2)12-4-5-14-13(6-12)15-7-11-8-16(3)9-11/h4-6,10-11H,7-9H2,1-3H3,(H,14,15). The number of rotatable bonds is 4. The quantitative estimate of drug-likeness (QED) is 0.841. The zero-order chi connectivity index (χ0) is 11.5. The minimum atomic E-state index is 0.568. The van der Waals surface area contributed by atoms with E-state index in [-0.39, 0.29) is 0 Å². The van der Waals surface area contributed by atoms with Crippen LogP contribution in [0.1, 0.15) is 25.3 Å². The highest BCUT2D eigenvalue weighted by molar-refractivity contribution is 5.38. The summed E-state index contributed by atoms with van der Waals surface area (Å²) in [5, 5.41) is 3.42. The highest BCUT2D eigenvalue weighted by Crippen LogP contribution is 2.18. The van der Waals surface area contributed by atoms with Crippen molar-refractivity contribution >= 4 is 5.82 Å². The molecule has 0 aliphatic carbocycles. The Morgan fingerprint density at radius 1 is 1.50 bits per heavy atom. The minimum Gasteiger partial charge on any atom is -0.370 e. The van der Waals surface area contributed by atoms with Gasteiger partial charge in [-0.25, -0.2) is 4.98 Å². The van der Waals surface area contributed by atoms with Crippen molar-refractivity contribution < 1.29 is 0 Å². The van der Waals surface area contributed by atoms with Crippen molar-refractivity contribution in [2.75, 3.05) is 32.0 Å². The SMILES string of the molecule is CC(C)c1ccnc(NCC2CN(C)C2)c1. The molecule has 1 N–H and O–H groups in total. The van der Waals surface area contributed by atoms with Crippen LogP contribution in [-0.2, 0) is 0 Å². The van der Waals surface area contributed by atoms with Gasteiger partial charge in [0.25, 0.3) is 0 Å². The number of likely N-dealkylation sites (tertiary alicyclic amines) is 1. The van der Waals surface area contributed by atoms with Gasteiger partial charge in [0.15, 0.2) is 0 Å². The van der Waals surface area contributed by atoms with Crippen molar-refractivity contribution in [3.05, 3.63) is 23.9 Å². The minimum absolute atomic E-state index is 0.568. The lowest BCUT2D eigenvalue weighted by Crippen LogP contribution is -2.46. The summed E-state index contributed by atoms with van der Waals surface area (Å²) in [6.07, 6.45) is 1.89. The summed E-state index contributed by atoms with van der Waals surface area (Å²) in [4.78, 5) is 6.68. The third-order valence-electron chi connectivity index (χ3n) is 3.16. The Balaban J connectivity index is 1.86. The number of anilines is 1. The Labute approximate surface area is 97.9 Å². The number of hydrogen-bond donors (Lipinski definition) is 1. The van der Waals surface area contributed by atoms with Gasteiger partial charge in [-0.1, -0.05) is 13.8 Å². The molecule has 1 aromatic heterocycles. The van der Waals surface area contributed by atoms with Gasteiger partial charge >= 0.3 is 0 Å². The zero-order valence-corrected chi connectivity index (χ0v) is 10.4. The summed E-state index contributed by atoms with van der Waals surface area (Å²) in [5.41, 5.74) is 1.35. The lowest BCUT2D eigenvalue weighted by atomic mass is 10.0. The van der Waals surface area contributed by atoms with Crippen LogP contribution in [0.15, 0.2) is 18.3 Å². The van der Waals surface area contributed by atoms with Gasteiger partial charge in [-0.2, -0.15) is 0 Å². The Hall–Kier alpha value is -1.09. The van der Waals surface area contributed by atoms with E-state index in [0.717, 1.165) is 18.3 Å². The van der Waals surface area contributed by atoms with Gasteiger partial charge in [0.1, 0.15) is 5.82 Å². The molecular weight excluding hydrogens is 198 g/mol. The first-order chi connectivity index (χ1) is 7.65. The van der Waals surface area contributed by atoms with Crippen LogP contribution in [0.5, 0.6) is 0 Å². The lowest BCUT2D eigenvalue weighted by Gasteiger charge is -2.36. The highest BCUT2D eigenvalue weighted by Gasteiger charge is 2.22. The molecule has 88 valence electrons. The maximum absolute atomic E-state index is 4.35. The fourth-order valence-electron chi connectivity index (χ4n) is 2.11. The summed E-state index contributed by atoms with van der Waals surface area (Å²) in [6, 6.07) is 4.25. The second-order valence-corrected chi connectivity index (χ2v) is 5.10. The Bertz CT molecular complexity index is 343. The third kappa shape index (κ3) is 2.73. The van der Waals surface area contributed by atoms with E-state index in [1.807, 2.05) is 6.20 Å². The smallest absolute Gasteiger partial charge is 0.126 e. The summed E-state index contributed by atoms with van der Waals surface area (Å²) >= 11 is 0. The van der Waals surface area contributed by atoms with Gasteiger partial charge in [0.05, 0.1) is 0 Å². The van der Waals surface area contributed by atoms with Crippen molar-refractivity contribution in [1.82, 2.24) is 9.88 Å². The van der Waals surface area contributed by atoms with Crippen molar-refractivity contribution in [3.63, 3.8) is 0 Å². The van der Waals surface area contributed by atoms with Crippen molar-refractivity contribution in [2.45, 2.75) is 19.8 Å². The van der Waals surface area contributed by atoms with E-state index in [2.05, 4.69) is 48.2 Å². The molecule has 0 atom stereocenters. The van der Waals surface area contributed by atoms with Gasteiger partial charge in [0, 0.05) is 31.7 Å². The number of hydrogen-bond acceptors (Lipinski definition) is 3. The molecule has 0 unspecified atom stereocenters. The largest absolute Gasteiger partial charge is 0.370 e. The normalized spacial score (nSPS) is 17.5. The molecule has 16 heavy (non-hydrogen) atoms. The molecule has 3 nitrogen and oxygen atoms in total. The maximum Gasteiger partial charge on any atom is 0.126 e. The molecule has 1 saturated heterocycles. The molecule has 0 aromatic carbocycles. The first kappa shape index (κ1) is 11.4. The maximum atomic E-state index is 4.35. The van der Waals surface area contributed by atoms with E-state index >= 15 is 0 Å². The van der Waals surface area contributed by atoms with Crippen LogP contribution in [0.2, 0.25) is 0 Å². The van der Waals surface area contributed by atoms with Crippen LogP contribution in [0, 0.1) is 5.92 Å². The molecule has 2 heterocycles. The number of aromatic nitrogens is 1. The van der Waals surface area contributed by atoms with E-state index in [4.69, 9.17) is 0 Å². The van der Waals surface area contributed by atoms with Crippen LogP contribution in [-0.4, -0.2) is 36.6 Å². The van der Waals surface area contributed by atoms with E-state index in [9.17, 15) is 0 Å². The molecule has 1 aliphatic heterocycles. The van der Waals surface area contributed by atoms with Gasteiger partial charge in [-0.15, -0.1) is 0 Å². The van der Waals surface area contributed by atoms with Gasteiger partial charge in [0.2, 0.25) is 0 Å². The first-order valence-corrected chi connectivity index (χ1v) is 6.03. The fourth-order valence-corrected chi connectivity index (χ4v) is 2.11. The van der Waals surface area contributed by atoms with Crippen LogP contribution in [0.25, 0.3) is 0 Å². The Kier molecular flexibility index (Phi) is 3.44. The van der Waals surface area contributed by atoms with Crippen LogP contribution in [0.3, 0.4) is 0 Å². The molecule has 2 rings (SSSR count). The monoisotopic (exact) mass is 219 g/mol. The van der Waals surface area contributed by atoms with Gasteiger partial charge < -0.3 is 10.2 Å². The molecule has 0 bridgehead atoms. The molecule has 0 radical (unpaired) electrons. The molecule has 3 heteroatoms. The predicted molar refractivity (Wildman–Crippen MR) is 67.8 cm³/mol. The molecule has 0 spiro atoms. The average molecular weight is 219 g/mol. The van der Waals surface area contributed by atoms with E-state index in [1.165, 1.54) is 18.7 Å². The average Bonchev–Trinajstić information content (AvgIpc) is 2.23. The van der Waals surface area contributed by atoms with Crippen LogP contribution < -0.4 is 5.32 Å². The van der Waals surface area contributed by atoms with Gasteiger partial charge in [-0.3, -0.25) is 0 Å². The second kappa shape index (κ2) is 4.83. The van der Waals surface area contributed by atoms with E-state index in [1.54, 1.807) is 0 Å². The van der Waals surface area contributed by atoms with Crippen molar-refractivity contribution in [3.8, 4) is 0 Å². The summed E-state index contributed by atoms with van der Waals surface area (Å²) in [7, 11) is 2.16. The first-order valence-electron chi connectivity index (χ1n) is 6.03. The van der Waals surface area contributed by atoms with Gasteiger partial charge in [-0.05, 0) is 30.7 Å². The molecule has 1 aliphatic rings. The Morgan fingerprint density at radius 3 is 2.88 bits per heavy atom. The summed E-state index contributed by atoms with van der Waals surface area (Å²) in [6.45, 7) is 7.87. The number of pyridine rings is 1. The van der Waals surface area contributed by atoms with Crippen molar-refractivity contribution in [2.24, 2.45) is 5.92 Å². The predicted octanol–water partition coefficient (Wildman–Crippen LogP) is 2.18. The lowest BCUT2D eigenvalue weighted by molar-refractivity contribution is 0.144. The van der Waals surface area contributed by atoms with E-state index < -0.39 is 0 Å². The highest BCUT2D eigenvalue weighted by atomic mass is 15.2. The van der Waals surface area contributed by atoms with Crippen LogP contribution in [0.4, 0.5) is 5.82 Å². The van der Waals surface area contributed by atoms with Crippen molar-refractivity contribution in [1.29, 1.82) is 0 Å². The second-order valence-electron chi connectivity index (χ2n) is 5.10. The molecule has 0 amide bonds. The van der Waals surface area contributed by atoms with Crippen LogP contribution >= 0.6 is 0 Å². The topological polar surface area (TPSA) is 28.2 Å². The Morgan fingerprint density at radius 2 is 2.25 bits per heavy atom.